The number of nitrogens with zero attached hydrogens (tertiary/aromatic N) is 1. The maximum atomic E-state index is 12.4. The van der Waals surface area contributed by atoms with E-state index in [2.05, 4.69) is 23.5 Å². The molecule has 1 amide bonds. The first kappa shape index (κ1) is 13.7. The first-order valence-corrected chi connectivity index (χ1v) is 7.12. The largest absolute Gasteiger partial charge is 0.325 e. The molecule has 0 bridgehead atoms. The van der Waals surface area contributed by atoms with Crippen LogP contribution in [-0.4, -0.2) is 5.91 Å². The quantitative estimate of drug-likeness (QED) is 0.921. The maximum Gasteiger partial charge on any atom is 0.228 e. The molecule has 0 aromatic heterocycles. The Bertz CT molecular complexity index is 724. The minimum absolute atomic E-state index is 0.0648. The highest BCUT2D eigenvalue weighted by Gasteiger charge is 2.27. The van der Waals surface area contributed by atoms with Crippen molar-refractivity contribution in [3.05, 3.63) is 64.2 Å². The third-order valence-electron chi connectivity index (χ3n) is 3.78. The van der Waals surface area contributed by atoms with Gasteiger partial charge in [-0.05, 0) is 42.2 Å². The van der Waals surface area contributed by atoms with Gasteiger partial charge in [0.2, 0.25) is 5.91 Å². The van der Waals surface area contributed by atoms with Gasteiger partial charge in [0.15, 0.2) is 0 Å². The lowest BCUT2D eigenvalue weighted by Crippen LogP contribution is -2.23. The Hall–Kier alpha value is -2.31. The van der Waals surface area contributed by atoms with Gasteiger partial charge in [-0.15, -0.1) is 0 Å². The van der Waals surface area contributed by atoms with Crippen molar-refractivity contribution in [2.24, 2.45) is 5.92 Å². The summed E-state index contributed by atoms with van der Waals surface area (Å²) >= 11 is 5.93. The first-order chi connectivity index (χ1) is 10.2. The molecule has 21 heavy (non-hydrogen) atoms. The highest BCUT2D eigenvalue weighted by atomic mass is 35.5. The lowest BCUT2D eigenvalue weighted by atomic mass is 10.1. The molecule has 0 atom stereocenters. The van der Waals surface area contributed by atoms with Gasteiger partial charge >= 0.3 is 0 Å². The zero-order valence-electron chi connectivity index (χ0n) is 11.3. The van der Waals surface area contributed by atoms with Gasteiger partial charge in [-0.25, -0.2) is 0 Å². The van der Waals surface area contributed by atoms with Gasteiger partial charge in [0.05, 0.1) is 11.3 Å². The number of carbonyl (C=O) groups is 1. The number of benzene rings is 2. The zero-order chi connectivity index (χ0) is 14.8. The lowest BCUT2D eigenvalue weighted by Gasteiger charge is -2.11. The van der Waals surface area contributed by atoms with Crippen LogP contribution in [0.1, 0.15) is 16.7 Å². The molecule has 3 nitrogen and oxygen atoms in total. The summed E-state index contributed by atoms with van der Waals surface area (Å²) in [6.45, 7) is 0. The van der Waals surface area contributed by atoms with Crippen molar-refractivity contribution in [2.75, 3.05) is 5.32 Å². The van der Waals surface area contributed by atoms with E-state index in [0.717, 1.165) is 12.8 Å². The van der Waals surface area contributed by atoms with E-state index in [1.54, 1.807) is 18.2 Å². The van der Waals surface area contributed by atoms with Crippen LogP contribution in [0.5, 0.6) is 0 Å². The summed E-state index contributed by atoms with van der Waals surface area (Å²) in [4.78, 5) is 12.4. The van der Waals surface area contributed by atoms with Gasteiger partial charge < -0.3 is 5.32 Å². The highest BCUT2D eigenvalue weighted by molar-refractivity contribution is 6.31. The molecular weight excluding hydrogens is 284 g/mol. The third kappa shape index (κ3) is 2.76. The molecule has 2 aromatic rings. The molecule has 1 N–H and O–H groups in total. The predicted molar refractivity (Wildman–Crippen MR) is 82.1 cm³/mol. The second-order valence-corrected chi connectivity index (χ2v) is 5.60. The van der Waals surface area contributed by atoms with Crippen LogP contribution in [0.15, 0.2) is 42.5 Å². The smallest absolute Gasteiger partial charge is 0.228 e. The molecule has 1 aliphatic rings. The molecule has 0 spiro atoms. The summed E-state index contributed by atoms with van der Waals surface area (Å²) in [5.74, 6) is -0.155. The standard InChI is InChI=1S/C17H13ClN2O/c18-15-6-5-13(10-19)16(9-15)20-17(21)14-7-11-3-1-2-4-12(11)8-14/h1-6,9,14H,7-8H2,(H,20,21). The van der Waals surface area contributed by atoms with Crippen molar-refractivity contribution < 1.29 is 4.79 Å². The van der Waals surface area contributed by atoms with E-state index in [1.165, 1.54) is 11.1 Å². The maximum absolute atomic E-state index is 12.4. The molecule has 0 heterocycles. The number of amides is 1. The van der Waals surface area contributed by atoms with Crippen LogP contribution in [0.25, 0.3) is 0 Å². The molecule has 104 valence electrons. The van der Waals surface area contributed by atoms with E-state index in [-0.39, 0.29) is 11.8 Å². The number of nitriles is 1. The number of fused-ring (bicyclic) bond motifs is 1. The Kier molecular flexibility index (Phi) is 3.64. The summed E-state index contributed by atoms with van der Waals surface area (Å²) in [5.41, 5.74) is 3.35. The first-order valence-electron chi connectivity index (χ1n) is 6.74. The molecule has 0 aliphatic heterocycles. The number of carbonyl (C=O) groups excluding carboxylic acids is 1. The normalized spacial score (nSPS) is 13.5. The number of nitrogens with one attached hydrogen (secondary N) is 1. The molecule has 4 heteroatoms. The summed E-state index contributed by atoms with van der Waals surface area (Å²) in [6.07, 6.45) is 1.48. The van der Waals surface area contributed by atoms with E-state index in [1.807, 2.05) is 12.1 Å². The van der Waals surface area contributed by atoms with E-state index >= 15 is 0 Å². The van der Waals surface area contributed by atoms with Crippen LogP contribution < -0.4 is 5.32 Å². The van der Waals surface area contributed by atoms with Gasteiger partial charge in [-0.2, -0.15) is 5.26 Å². The van der Waals surface area contributed by atoms with Gasteiger partial charge in [0, 0.05) is 10.9 Å². The molecular formula is C17H13ClN2O. The van der Waals surface area contributed by atoms with Crippen molar-refractivity contribution >= 4 is 23.2 Å². The van der Waals surface area contributed by atoms with Crippen LogP contribution in [0, 0.1) is 17.2 Å². The summed E-state index contributed by atoms with van der Waals surface area (Å²) in [6, 6.07) is 15.0. The predicted octanol–water partition coefficient (Wildman–Crippen LogP) is 3.57. The molecule has 0 saturated heterocycles. The van der Waals surface area contributed by atoms with Gasteiger partial charge in [0.25, 0.3) is 0 Å². The highest BCUT2D eigenvalue weighted by Crippen LogP contribution is 2.28. The topological polar surface area (TPSA) is 52.9 Å². The van der Waals surface area contributed by atoms with Crippen LogP contribution in [-0.2, 0) is 17.6 Å². The minimum Gasteiger partial charge on any atom is -0.325 e. The van der Waals surface area contributed by atoms with Gasteiger partial charge in [-0.1, -0.05) is 35.9 Å². The molecule has 0 unspecified atom stereocenters. The van der Waals surface area contributed by atoms with E-state index in [0.29, 0.717) is 16.3 Å². The Morgan fingerprint density at radius 2 is 1.86 bits per heavy atom. The molecule has 0 fully saturated rings. The van der Waals surface area contributed by atoms with E-state index in [4.69, 9.17) is 16.9 Å². The number of rotatable bonds is 2. The summed E-state index contributed by atoms with van der Waals surface area (Å²) < 4.78 is 0. The Balaban J connectivity index is 1.77. The number of anilines is 1. The second kappa shape index (κ2) is 5.59. The Morgan fingerprint density at radius 1 is 1.19 bits per heavy atom. The fraction of sp³-hybridized carbons (Fsp3) is 0.176. The summed E-state index contributed by atoms with van der Waals surface area (Å²) in [7, 11) is 0. The van der Waals surface area contributed by atoms with Crippen LogP contribution >= 0.6 is 11.6 Å². The number of hydrogen-bond donors (Lipinski definition) is 1. The molecule has 1 aliphatic carbocycles. The minimum atomic E-state index is -0.0899. The second-order valence-electron chi connectivity index (χ2n) is 5.16. The fourth-order valence-corrected chi connectivity index (χ4v) is 2.87. The lowest BCUT2D eigenvalue weighted by molar-refractivity contribution is -0.119. The zero-order valence-corrected chi connectivity index (χ0v) is 12.0. The average molecular weight is 297 g/mol. The molecule has 3 rings (SSSR count). The van der Waals surface area contributed by atoms with Crippen LogP contribution in [0.2, 0.25) is 5.02 Å². The Morgan fingerprint density at radius 3 is 2.48 bits per heavy atom. The fourth-order valence-electron chi connectivity index (χ4n) is 2.70. The average Bonchev–Trinajstić information content (AvgIpc) is 2.91. The van der Waals surface area contributed by atoms with E-state index < -0.39 is 0 Å². The molecule has 0 radical (unpaired) electrons. The van der Waals surface area contributed by atoms with Crippen molar-refractivity contribution in [1.82, 2.24) is 0 Å². The Labute approximate surface area is 128 Å². The van der Waals surface area contributed by atoms with Crippen molar-refractivity contribution in [1.29, 1.82) is 5.26 Å². The molecule has 2 aromatic carbocycles. The molecule has 0 saturated carbocycles. The van der Waals surface area contributed by atoms with Crippen molar-refractivity contribution in [2.45, 2.75) is 12.8 Å². The van der Waals surface area contributed by atoms with Crippen molar-refractivity contribution in [3.63, 3.8) is 0 Å². The SMILES string of the molecule is N#Cc1ccc(Cl)cc1NC(=O)C1Cc2ccccc2C1. The van der Waals surface area contributed by atoms with Gasteiger partial charge in [0.1, 0.15) is 6.07 Å². The van der Waals surface area contributed by atoms with E-state index in [9.17, 15) is 4.79 Å². The monoisotopic (exact) mass is 296 g/mol. The van der Waals surface area contributed by atoms with Crippen molar-refractivity contribution in [3.8, 4) is 6.07 Å². The number of halogens is 1. The van der Waals surface area contributed by atoms with Crippen LogP contribution in [0.3, 0.4) is 0 Å². The number of hydrogen-bond acceptors (Lipinski definition) is 2. The van der Waals surface area contributed by atoms with Crippen LogP contribution in [0.4, 0.5) is 5.69 Å². The van der Waals surface area contributed by atoms with Gasteiger partial charge in [-0.3, -0.25) is 4.79 Å². The third-order valence-corrected chi connectivity index (χ3v) is 4.02. The summed E-state index contributed by atoms with van der Waals surface area (Å²) in [5, 5.41) is 12.4.